The minimum atomic E-state index is -5.04. The van der Waals surface area contributed by atoms with Crippen molar-refractivity contribution in [1.82, 2.24) is 9.99 Å². The second-order valence-electron chi connectivity index (χ2n) is 8.24. The Morgan fingerprint density at radius 3 is 2.17 bits per heavy atom. The number of amides is 2. The largest absolute Gasteiger partial charge is 0.416 e. The van der Waals surface area contributed by atoms with E-state index < -0.39 is 68.4 Å². The molecule has 228 valence electrons. The summed E-state index contributed by atoms with van der Waals surface area (Å²) in [6.45, 7) is 3.23. The molecule has 9 nitrogen and oxygen atoms in total. The third-order valence-electron chi connectivity index (χ3n) is 5.39. The van der Waals surface area contributed by atoms with Crippen molar-refractivity contribution in [3.63, 3.8) is 0 Å². The highest BCUT2D eigenvalue weighted by atomic mass is 31.2. The van der Waals surface area contributed by atoms with Crippen LogP contribution in [0.15, 0.2) is 47.5 Å². The van der Waals surface area contributed by atoms with E-state index in [-0.39, 0.29) is 31.6 Å². The second kappa shape index (κ2) is 14.8. The summed E-state index contributed by atoms with van der Waals surface area (Å²) in [5, 5.41) is 1.74. The average molecular weight is 616 g/mol. The molecular formula is C24H28F7N4O5P. The molecule has 1 aliphatic heterocycles. The van der Waals surface area contributed by atoms with Crippen LogP contribution in [0.4, 0.5) is 35.5 Å². The van der Waals surface area contributed by atoms with Crippen molar-refractivity contribution in [3.05, 3.63) is 70.5 Å². The summed E-state index contributed by atoms with van der Waals surface area (Å²) < 4.78 is 104. The molecule has 2 aromatic carbocycles. The van der Waals surface area contributed by atoms with E-state index in [0.29, 0.717) is 17.7 Å². The lowest BCUT2D eigenvalue weighted by atomic mass is 10.0. The smallest absolute Gasteiger partial charge is 0.386 e. The monoisotopic (exact) mass is 616 g/mol. The lowest BCUT2D eigenvalue weighted by molar-refractivity contribution is -0.214. The number of carbonyl (C=O) groups excluding carboxylic acids is 1. The van der Waals surface area contributed by atoms with Gasteiger partial charge in [-0.05, 0) is 41.5 Å². The molecular weight excluding hydrogens is 588 g/mol. The topological polar surface area (TPSA) is 130 Å². The van der Waals surface area contributed by atoms with Gasteiger partial charge in [0.05, 0.1) is 36.9 Å². The average Bonchev–Trinajstić information content (AvgIpc) is 2.87. The Morgan fingerprint density at radius 1 is 1.10 bits per heavy atom. The number of hydrogen-bond donors (Lipinski definition) is 4. The summed E-state index contributed by atoms with van der Waals surface area (Å²) in [6.07, 6.45) is -11.3. The van der Waals surface area contributed by atoms with Gasteiger partial charge in [0.2, 0.25) is 0 Å². The maximum absolute atomic E-state index is 13.6. The van der Waals surface area contributed by atoms with E-state index in [1.807, 2.05) is 13.8 Å². The number of ether oxygens (including phenoxy) is 2. The molecule has 2 aromatic rings. The Balaban J connectivity index is 0.00000287. The van der Waals surface area contributed by atoms with Crippen molar-refractivity contribution in [2.45, 2.75) is 45.1 Å². The normalized spacial score (nSPS) is 18.6. The Bertz CT molecular complexity index is 1150. The molecule has 0 bridgehead atoms. The van der Waals surface area contributed by atoms with Crippen molar-refractivity contribution in [1.29, 1.82) is 0 Å². The third-order valence-corrected chi connectivity index (χ3v) is 5.78. The number of aliphatic imine (C=N–C) groups is 1. The standard InChI is InChI=1S/C22H22F7N4O5P.C2H6/c23-16-3-1-13(2-4-16)18-19(37-6-5-33(18)10-17(30)31-20(34)32-39(35)36)38-11-12-7-14(21(24,25)26)9-15(8-12)22(27,28)29;1-2/h1-4,7-9,18-19,35-36H,5-6,10-11H2,(H3,30,31,32,34);1-2H3/t18-,19+;/m0./s1. The molecule has 0 spiro atoms. The van der Waals surface area contributed by atoms with Gasteiger partial charge in [0, 0.05) is 6.54 Å². The van der Waals surface area contributed by atoms with E-state index in [9.17, 15) is 35.5 Å². The van der Waals surface area contributed by atoms with E-state index in [1.54, 1.807) is 9.99 Å². The molecule has 17 heteroatoms. The highest BCUT2D eigenvalue weighted by molar-refractivity contribution is 7.43. The molecule has 2 amide bonds. The van der Waals surface area contributed by atoms with Gasteiger partial charge < -0.3 is 25.0 Å². The summed E-state index contributed by atoms with van der Waals surface area (Å²) >= 11 is 0. The first-order chi connectivity index (χ1) is 19.1. The Morgan fingerprint density at radius 2 is 1.66 bits per heavy atom. The lowest BCUT2D eigenvalue weighted by Gasteiger charge is -2.41. The highest BCUT2D eigenvalue weighted by Gasteiger charge is 2.38. The number of benzene rings is 2. The van der Waals surface area contributed by atoms with Crippen LogP contribution in [-0.4, -0.2) is 52.5 Å². The molecule has 1 fully saturated rings. The number of nitrogens with one attached hydrogen (secondary N) is 1. The molecule has 0 saturated carbocycles. The van der Waals surface area contributed by atoms with Crippen LogP contribution in [0.25, 0.3) is 0 Å². The Labute approximate surface area is 231 Å². The molecule has 0 unspecified atom stereocenters. The number of morpholine rings is 1. The number of urea groups is 1. The van der Waals surface area contributed by atoms with Gasteiger partial charge in [-0.15, -0.1) is 0 Å². The summed E-state index contributed by atoms with van der Waals surface area (Å²) in [6, 6.07) is 4.01. The van der Waals surface area contributed by atoms with Crippen LogP contribution in [0, 0.1) is 5.82 Å². The fourth-order valence-electron chi connectivity index (χ4n) is 3.80. The number of amidine groups is 1. The van der Waals surface area contributed by atoms with E-state index >= 15 is 0 Å². The quantitative estimate of drug-likeness (QED) is 0.148. The van der Waals surface area contributed by atoms with Gasteiger partial charge >= 0.3 is 18.4 Å². The zero-order chi connectivity index (χ0) is 31.0. The van der Waals surface area contributed by atoms with Crippen molar-refractivity contribution < 1.29 is 54.8 Å². The first kappa shape index (κ1) is 34.3. The fraction of sp³-hybridized carbons (Fsp3) is 0.417. The summed E-state index contributed by atoms with van der Waals surface area (Å²) in [5.41, 5.74) is 2.77. The lowest BCUT2D eigenvalue weighted by Crippen LogP contribution is -2.49. The van der Waals surface area contributed by atoms with E-state index in [0.717, 1.165) is 12.1 Å². The molecule has 1 saturated heterocycles. The number of alkyl halides is 6. The molecule has 2 atom stereocenters. The molecule has 41 heavy (non-hydrogen) atoms. The first-order valence-corrected chi connectivity index (χ1v) is 13.2. The summed E-state index contributed by atoms with van der Waals surface area (Å²) in [7, 11) is -2.78. The highest BCUT2D eigenvalue weighted by Crippen LogP contribution is 2.37. The number of nitrogens with zero attached hydrogens (tertiary/aromatic N) is 2. The molecule has 0 aliphatic carbocycles. The van der Waals surface area contributed by atoms with Gasteiger partial charge in [0.15, 0.2) is 6.29 Å². The van der Waals surface area contributed by atoms with Crippen LogP contribution < -0.4 is 10.8 Å². The number of nitrogens with two attached hydrogens (primary N) is 1. The second-order valence-corrected chi connectivity index (χ2v) is 9.04. The fourth-order valence-corrected chi connectivity index (χ4v) is 4.02. The van der Waals surface area contributed by atoms with Gasteiger partial charge in [0.25, 0.3) is 8.53 Å². The minimum absolute atomic E-state index is 0.00112. The van der Waals surface area contributed by atoms with Crippen LogP contribution >= 0.6 is 8.53 Å². The van der Waals surface area contributed by atoms with Crippen LogP contribution in [0.5, 0.6) is 0 Å². The van der Waals surface area contributed by atoms with Gasteiger partial charge in [0.1, 0.15) is 11.7 Å². The van der Waals surface area contributed by atoms with Crippen LogP contribution in [-0.2, 0) is 28.4 Å². The van der Waals surface area contributed by atoms with E-state index in [1.165, 1.54) is 12.1 Å². The predicted molar refractivity (Wildman–Crippen MR) is 135 cm³/mol. The molecule has 3 rings (SSSR count). The number of hydrogen-bond acceptors (Lipinski definition) is 6. The molecule has 0 aromatic heterocycles. The molecule has 1 aliphatic rings. The Kier molecular flexibility index (Phi) is 12.4. The van der Waals surface area contributed by atoms with Gasteiger partial charge in [-0.1, -0.05) is 26.0 Å². The van der Waals surface area contributed by atoms with Crippen molar-refractivity contribution in [2.75, 3.05) is 19.7 Å². The van der Waals surface area contributed by atoms with Crippen LogP contribution in [0.2, 0.25) is 0 Å². The first-order valence-electron chi connectivity index (χ1n) is 12.0. The minimum Gasteiger partial charge on any atom is -0.386 e. The maximum Gasteiger partial charge on any atom is 0.416 e. The van der Waals surface area contributed by atoms with Gasteiger partial charge in [-0.3, -0.25) is 9.99 Å². The zero-order valence-corrected chi connectivity index (χ0v) is 22.6. The van der Waals surface area contributed by atoms with Gasteiger partial charge in [-0.2, -0.15) is 31.3 Å². The van der Waals surface area contributed by atoms with E-state index in [2.05, 4.69) is 4.99 Å². The van der Waals surface area contributed by atoms with Crippen molar-refractivity contribution >= 4 is 20.4 Å². The van der Waals surface area contributed by atoms with E-state index in [4.69, 9.17) is 25.0 Å². The number of rotatable bonds is 7. The summed E-state index contributed by atoms with van der Waals surface area (Å²) in [5.74, 6) is -0.852. The summed E-state index contributed by atoms with van der Waals surface area (Å²) in [4.78, 5) is 34.5. The molecule has 0 radical (unpaired) electrons. The van der Waals surface area contributed by atoms with Crippen LogP contribution in [0.1, 0.15) is 42.1 Å². The third kappa shape index (κ3) is 10.5. The number of halogens is 7. The Hall–Kier alpha value is -2.88. The van der Waals surface area contributed by atoms with Crippen LogP contribution in [0.3, 0.4) is 0 Å². The maximum atomic E-state index is 13.6. The van der Waals surface area contributed by atoms with Crippen molar-refractivity contribution in [2.24, 2.45) is 10.7 Å². The SMILES string of the molecule is CC.N/C(CN1CCO[C@H](OCc2cc(C(F)(F)F)cc(C(F)(F)F)c2)[C@@H]1c1ccc(F)cc1)=N\C(=O)NP(O)O. The predicted octanol–water partition coefficient (Wildman–Crippen LogP) is 5.08. The van der Waals surface area contributed by atoms with Gasteiger partial charge in [-0.25, -0.2) is 9.18 Å². The molecule has 5 N–H and O–H groups in total. The zero-order valence-electron chi connectivity index (χ0n) is 21.7. The number of carbonyl (C=O) groups is 1. The molecule has 1 heterocycles. The van der Waals surface area contributed by atoms with Crippen molar-refractivity contribution in [3.8, 4) is 0 Å².